The van der Waals surface area contributed by atoms with Crippen LogP contribution in [0.15, 0.2) is 0 Å². The first kappa shape index (κ1) is 32.0. The van der Waals surface area contributed by atoms with Gasteiger partial charge in [0.2, 0.25) is 0 Å². The van der Waals surface area contributed by atoms with E-state index in [2.05, 4.69) is 0 Å². The lowest BCUT2D eigenvalue weighted by molar-refractivity contribution is 0.282. The second-order valence-electron chi connectivity index (χ2n) is 9.57. The predicted octanol–water partition coefficient (Wildman–Crippen LogP) is 11.0. The summed E-state index contributed by atoms with van der Waals surface area (Å²) in [5, 5.41) is 8.75. The van der Waals surface area contributed by atoms with Gasteiger partial charge in [-0.2, -0.15) is 0 Å². The van der Waals surface area contributed by atoms with Crippen LogP contribution in [0.2, 0.25) is 6.04 Å². The van der Waals surface area contributed by atoms with Crippen LogP contribution in [-0.2, 0) is 0 Å². The Hall–Kier alpha value is 1.05. The molecule has 0 spiro atoms. The van der Waals surface area contributed by atoms with E-state index in [1.165, 1.54) is 141 Å². The fourth-order valence-electron chi connectivity index (χ4n) is 4.33. The molecule has 0 radical (unpaired) electrons. The average molecular weight is 516 g/mol. The molecule has 0 aliphatic rings. The average Bonchev–Trinajstić information content (AvgIpc) is 2.73. The standard InChI is InChI=1S/C26H53Cl3OSi/c27-31(28,29)26-24-22-20-18-16-14-12-10-8-6-4-2-1-3-5-7-9-11-13-15-17-19-21-23-25-30/h30H,1-26H2. The van der Waals surface area contributed by atoms with E-state index in [0.29, 0.717) is 6.61 Å². The van der Waals surface area contributed by atoms with Gasteiger partial charge in [-0.25, -0.2) is 0 Å². The highest BCUT2D eigenvalue weighted by Crippen LogP contribution is 2.27. The number of unbranched alkanes of at least 4 members (excludes halogenated alkanes) is 23. The van der Waals surface area contributed by atoms with Crippen LogP contribution in [0.5, 0.6) is 0 Å². The third-order valence-electron chi connectivity index (χ3n) is 6.37. The van der Waals surface area contributed by atoms with Crippen LogP contribution in [0.1, 0.15) is 154 Å². The van der Waals surface area contributed by atoms with Crippen LogP contribution in [0.4, 0.5) is 0 Å². The van der Waals surface area contributed by atoms with Crippen LogP contribution in [-0.4, -0.2) is 17.7 Å². The molecule has 0 amide bonds. The molecule has 0 heterocycles. The van der Waals surface area contributed by atoms with Gasteiger partial charge in [0.15, 0.2) is 0 Å². The van der Waals surface area contributed by atoms with Crippen molar-refractivity contribution < 1.29 is 5.11 Å². The molecule has 0 fully saturated rings. The lowest BCUT2D eigenvalue weighted by Crippen LogP contribution is -2.07. The van der Waals surface area contributed by atoms with E-state index in [1.54, 1.807) is 0 Å². The van der Waals surface area contributed by atoms with Crippen molar-refractivity contribution in [2.45, 2.75) is 160 Å². The zero-order chi connectivity index (χ0) is 22.9. The Labute approximate surface area is 210 Å². The van der Waals surface area contributed by atoms with Crippen molar-refractivity contribution in [1.82, 2.24) is 0 Å². The molecule has 31 heavy (non-hydrogen) atoms. The van der Waals surface area contributed by atoms with Crippen LogP contribution in [0, 0.1) is 0 Å². The molecule has 0 aliphatic carbocycles. The molecule has 1 N–H and O–H groups in total. The van der Waals surface area contributed by atoms with E-state index < -0.39 is 6.00 Å². The molecule has 0 aromatic heterocycles. The monoisotopic (exact) mass is 514 g/mol. The van der Waals surface area contributed by atoms with Crippen molar-refractivity contribution >= 4 is 39.2 Å². The molecule has 0 atom stereocenters. The summed E-state index contributed by atoms with van der Waals surface area (Å²) in [6, 6.07) is -1.54. The second kappa shape index (κ2) is 25.7. The van der Waals surface area contributed by atoms with Gasteiger partial charge in [-0.1, -0.05) is 148 Å². The normalized spacial score (nSPS) is 12.0. The van der Waals surface area contributed by atoms with Crippen LogP contribution >= 0.6 is 33.2 Å². The van der Waals surface area contributed by atoms with Gasteiger partial charge in [0.05, 0.1) is 0 Å². The van der Waals surface area contributed by atoms with Gasteiger partial charge < -0.3 is 5.11 Å². The highest BCUT2D eigenvalue weighted by molar-refractivity contribution is 7.64. The van der Waals surface area contributed by atoms with Gasteiger partial charge in [0.25, 0.3) is 0 Å². The number of hydrogen-bond acceptors (Lipinski definition) is 1. The summed E-state index contributed by atoms with van der Waals surface area (Å²) in [6.45, 7) is 0.366. The van der Waals surface area contributed by atoms with Gasteiger partial charge in [-0.15, -0.1) is 33.2 Å². The third kappa shape index (κ3) is 31.0. The molecular formula is C26H53Cl3OSi. The molecule has 0 saturated carbocycles. The molecule has 0 rings (SSSR count). The molecule has 0 aromatic rings. The van der Waals surface area contributed by atoms with E-state index in [9.17, 15) is 0 Å². The Morgan fingerprint density at radius 1 is 0.323 bits per heavy atom. The van der Waals surface area contributed by atoms with Gasteiger partial charge in [0.1, 0.15) is 0 Å². The quantitative estimate of drug-likeness (QED) is 0.0689. The fraction of sp³-hybridized carbons (Fsp3) is 1.00. The van der Waals surface area contributed by atoms with Gasteiger partial charge in [0, 0.05) is 6.61 Å². The number of aliphatic hydroxyl groups is 1. The Balaban J connectivity index is 3.02. The minimum absolute atomic E-state index is 0.366. The molecule has 188 valence electrons. The number of hydrogen-bond donors (Lipinski definition) is 1. The van der Waals surface area contributed by atoms with E-state index >= 15 is 0 Å². The first-order valence-electron chi connectivity index (χ1n) is 13.7. The minimum atomic E-state index is -2.37. The molecule has 0 bridgehead atoms. The summed E-state index contributed by atoms with van der Waals surface area (Å²) in [6.07, 6.45) is 32.7. The number of rotatable bonds is 26. The highest BCUT2D eigenvalue weighted by Gasteiger charge is 2.23. The van der Waals surface area contributed by atoms with E-state index in [1.807, 2.05) is 0 Å². The minimum Gasteiger partial charge on any atom is -0.396 e. The SMILES string of the molecule is OCCCCCCCCCCCCCCCCCCCCCCCCCC[Si](Cl)(Cl)Cl. The summed E-state index contributed by atoms with van der Waals surface area (Å²) in [5.74, 6) is 0. The molecular weight excluding hydrogens is 463 g/mol. The van der Waals surface area contributed by atoms with E-state index in [-0.39, 0.29) is 0 Å². The first-order chi connectivity index (χ1) is 15.1. The number of aliphatic hydroxyl groups excluding tert-OH is 1. The second-order valence-corrected chi connectivity index (χ2v) is 18.9. The summed E-state index contributed by atoms with van der Waals surface area (Å²) in [4.78, 5) is 0. The van der Waals surface area contributed by atoms with Gasteiger partial charge in [-0.05, 0) is 12.5 Å². The van der Waals surface area contributed by atoms with Gasteiger partial charge >= 0.3 is 6.00 Å². The van der Waals surface area contributed by atoms with Crippen molar-refractivity contribution in [2.75, 3.05) is 6.61 Å². The van der Waals surface area contributed by atoms with Gasteiger partial charge in [-0.3, -0.25) is 0 Å². The summed E-state index contributed by atoms with van der Waals surface area (Å²) >= 11 is 17.7. The maximum absolute atomic E-state index is 8.75. The molecule has 1 nitrogen and oxygen atoms in total. The summed E-state index contributed by atoms with van der Waals surface area (Å²) in [7, 11) is 0. The lowest BCUT2D eigenvalue weighted by atomic mass is 10.0. The molecule has 0 unspecified atom stereocenters. The Morgan fingerprint density at radius 2 is 0.516 bits per heavy atom. The maximum atomic E-state index is 8.75. The Kier molecular flexibility index (Phi) is 26.5. The van der Waals surface area contributed by atoms with Crippen molar-refractivity contribution in [3.8, 4) is 0 Å². The van der Waals surface area contributed by atoms with E-state index in [4.69, 9.17) is 38.3 Å². The molecule has 0 aromatic carbocycles. The molecule has 5 heteroatoms. The van der Waals surface area contributed by atoms with Crippen molar-refractivity contribution in [2.24, 2.45) is 0 Å². The van der Waals surface area contributed by atoms with E-state index in [0.717, 1.165) is 18.9 Å². The maximum Gasteiger partial charge on any atom is 0.341 e. The number of halogens is 3. The third-order valence-corrected chi connectivity index (χ3v) is 8.99. The van der Waals surface area contributed by atoms with Crippen molar-refractivity contribution in [3.05, 3.63) is 0 Å². The van der Waals surface area contributed by atoms with Crippen molar-refractivity contribution in [1.29, 1.82) is 0 Å². The molecule has 0 saturated heterocycles. The zero-order valence-corrected chi connectivity index (χ0v) is 23.7. The van der Waals surface area contributed by atoms with Crippen LogP contribution < -0.4 is 0 Å². The zero-order valence-electron chi connectivity index (χ0n) is 20.5. The van der Waals surface area contributed by atoms with Crippen molar-refractivity contribution in [3.63, 3.8) is 0 Å². The first-order valence-corrected chi connectivity index (χ1v) is 19.0. The highest BCUT2D eigenvalue weighted by atomic mass is 35.8. The lowest BCUT2D eigenvalue weighted by Gasteiger charge is -2.07. The largest absolute Gasteiger partial charge is 0.396 e. The van der Waals surface area contributed by atoms with Crippen LogP contribution in [0.25, 0.3) is 0 Å². The van der Waals surface area contributed by atoms with Crippen LogP contribution in [0.3, 0.4) is 0 Å². The Bertz CT molecular complexity index is 337. The predicted molar refractivity (Wildman–Crippen MR) is 146 cm³/mol. The summed E-state index contributed by atoms with van der Waals surface area (Å²) in [5.41, 5.74) is 0. The topological polar surface area (TPSA) is 20.2 Å². The summed E-state index contributed by atoms with van der Waals surface area (Å²) < 4.78 is 0. The molecule has 0 aliphatic heterocycles. The fourth-order valence-corrected chi connectivity index (χ4v) is 6.18. The Morgan fingerprint density at radius 3 is 0.710 bits per heavy atom. The smallest absolute Gasteiger partial charge is 0.341 e.